The molecule has 4 aliphatic rings. The lowest BCUT2D eigenvalue weighted by atomic mass is 9.60. The third-order valence-corrected chi connectivity index (χ3v) is 8.70. The van der Waals surface area contributed by atoms with Crippen LogP contribution in [0.5, 0.6) is 0 Å². The second-order valence-corrected chi connectivity index (χ2v) is 9.46. The van der Waals surface area contributed by atoms with Crippen LogP contribution in [0.15, 0.2) is 0 Å². The van der Waals surface area contributed by atoms with Crippen molar-refractivity contribution < 1.29 is 18.9 Å². The number of hydrogen-bond donors (Lipinski definition) is 0. The Morgan fingerprint density at radius 1 is 0.630 bits per heavy atom. The molecule has 0 amide bonds. The summed E-state index contributed by atoms with van der Waals surface area (Å²) in [7, 11) is 7.39. The Hall–Kier alpha value is -0.200. The van der Waals surface area contributed by atoms with E-state index in [4.69, 9.17) is 18.9 Å². The summed E-state index contributed by atoms with van der Waals surface area (Å²) in [5.41, 5.74) is 0. The summed E-state index contributed by atoms with van der Waals surface area (Å²) in [4.78, 5) is 2.85. The van der Waals surface area contributed by atoms with Crippen molar-refractivity contribution in [3.63, 3.8) is 0 Å². The Balaban J connectivity index is 1.52. The van der Waals surface area contributed by atoms with Gasteiger partial charge in [0.15, 0.2) is 0 Å². The first-order valence-corrected chi connectivity index (χ1v) is 11.0. The summed E-state index contributed by atoms with van der Waals surface area (Å²) in [5, 5.41) is 0. The van der Waals surface area contributed by atoms with Crippen LogP contribution in [0.1, 0.15) is 45.4 Å². The fourth-order valence-corrected chi connectivity index (χ4v) is 7.23. The first-order chi connectivity index (χ1) is 13.1. The Kier molecular flexibility index (Phi) is 6.15. The highest BCUT2D eigenvalue weighted by Crippen LogP contribution is 2.51. The number of rotatable bonds is 4. The zero-order valence-corrected chi connectivity index (χ0v) is 17.8. The minimum absolute atomic E-state index is 0.250. The molecule has 2 heterocycles. The Bertz CT molecular complexity index is 503. The maximum atomic E-state index is 5.84. The molecule has 2 aliphatic heterocycles. The minimum atomic E-state index is 0.250. The number of hydrogen-bond acceptors (Lipinski definition) is 5. The van der Waals surface area contributed by atoms with E-state index in [1.165, 1.54) is 25.8 Å². The molecule has 0 aromatic rings. The van der Waals surface area contributed by atoms with Gasteiger partial charge in [-0.1, -0.05) is 0 Å². The molecule has 5 heteroatoms. The number of piperidine rings is 2. The van der Waals surface area contributed by atoms with E-state index >= 15 is 0 Å². The predicted molar refractivity (Wildman–Crippen MR) is 105 cm³/mol. The molecule has 4 rings (SSSR count). The van der Waals surface area contributed by atoms with Crippen LogP contribution in [0.2, 0.25) is 0 Å². The van der Waals surface area contributed by atoms with Crippen LogP contribution >= 0.6 is 0 Å². The Morgan fingerprint density at radius 3 is 1.74 bits per heavy atom. The first kappa shape index (κ1) is 20.1. The van der Waals surface area contributed by atoms with Crippen LogP contribution in [0.25, 0.3) is 0 Å². The van der Waals surface area contributed by atoms with Gasteiger partial charge in [-0.25, -0.2) is 0 Å². The highest BCUT2D eigenvalue weighted by Gasteiger charge is 2.53. The topological polar surface area (TPSA) is 40.2 Å². The van der Waals surface area contributed by atoms with E-state index in [0.717, 1.165) is 42.9 Å². The third-order valence-electron chi connectivity index (χ3n) is 8.70. The fraction of sp³-hybridized carbons (Fsp3) is 1.00. The van der Waals surface area contributed by atoms with Crippen molar-refractivity contribution in [2.45, 2.75) is 81.9 Å². The average molecular weight is 382 g/mol. The SMILES string of the molecule is COC1CC2CC3C4CC(OC)C(OC)CC4CCN3C(C)C2CC1OC. The summed E-state index contributed by atoms with van der Waals surface area (Å²) in [6.45, 7) is 3.72. The lowest BCUT2D eigenvalue weighted by molar-refractivity contribution is -0.158. The van der Waals surface area contributed by atoms with Gasteiger partial charge in [0.25, 0.3) is 0 Å². The van der Waals surface area contributed by atoms with Crippen LogP contribution in [-0.4, -0.2) is 76.4 Å². The van der Waals surface area contributed by atoms with E-state index in [1.807, 2.05) is 28.4 Å². The van der Waals surface area contributed by atoms with Crippen LogP contribution in [0.4, 0.5) is 0 Å². The Labute approximate surface area is 165 Å². The molecule has 10 unspecified atom stereocenters. The van der Waals surface area contributed by atoms with E-state index in [9.17, 15) is 0 Å². The van der Waals surface area contributed by atoms with Crippen molar-refractivity contribution in [3.05, 3.63) is 0 Å². The lowest BCUT2D eigenvalue weighted by Gasteiger charge is -2.59. The fourth-order valence-electron chi connectivity index (χ4n) is 7.23. The number of ether oxygens (including phenoxy) is 4. The van der Waals surface area contributed by atoms with Gasteiger partial charge in [0.2, 0.25) is 0 Å². The highest BCUT2D eigenvalue weighted by molar-refractivity contribution is 5.05. The summed E-state index contributed by atoms with van der Waals surface area (Å²) < 4.78 is 23.2. The van der Waals surface area contributed by atoms with Crippen LogP contribution in [0.3, 0.4) is 0 Å². The van der Waals surface area contributed by atoms with E-state index in [2.05, 4.69) is 11.8 Å². The molecule has 0 aromatic carbocycles. The summed E-state index contributed by atoms with van der Waals surface area (Å²) >= 11 is 0. The maximum Gasteiger partial charge on any atom is 0.0836 e. The first-order valence-electron chi connectivity index (χ1n) is 11.0. The predicted octanol–water partition coefficient (Wildman–Crippen LogP) is 2.97. The van der Waals surface area contributed by atoms with Gasteiger partial charge in [-0.15, -0.1) is 0 Å². The second-order valence-electron chi connectivity index (χ2n) is 9.46. The van der Waals surface area contributed by atoms with E-state index in [-0.39, 0.29) is 24.4 Å². The van der Waals surface area contributed by atoms with Gasteiger partial charge in [0.05, 0.1) is 24.4 Å². The average Bonchev–Trinajstić information content (AvgIpc) is 2.71. The van der Waals surface area contributed by atoms with Gasteiger partial charge in [-0.05, 0) is 75.7 Å². The van der Waals surface area contributed by atoms with E-state index < -0.39 is 0 Å². The molecular weight excluding hydrogens is 342 g/mol. The van der Waals surface area contributed by atoms with Crippen molar-refractivity contribution in [2.75, 3.05) is 35.0 Å². The minimum Gasteiger partial charge on any atom is -0.379 e. The molecular formula is C22H39NO4. The molecule has 0 bridgehead atoms. The molecule has 2 saturated carbocycles. The van der Waals surface area contributed by atoms with Gasteiger partial charge in [0.1, 0.15) is 0 Å². The summed E-state index contributed by atoms with van der Waals surface area (Å²) in [5.74, 6) is 3.04. The lowest BCUT2D eigenvalue weighted by Crippen LogP contribution is -2.63. The molecule has 156 valence electrons. The van der Waals surface area contributed by atoms with E-state index in [0.29, 0.717) is 12.1 Å². The molecule has 27 heavy (non-hydrogen) atoms. The molecule has 2 aliphatic carbocycles. The van der Waals surface area contributed by atoms with Gasteiger partial charge in [0, 0.05) is 40.5 Å². The summed E-state index contributed by atoms with van der Waals surface area (Å²) in [6, 6.07) is 1.35. The monoisotopic (exact) mass is 381 g/mol. The zero-order chi connectivity index (χ0) is 19.1. The van der Waals surface area contributed by atoms with Gasteiger partial charge < -0.3 is 18.9 Å². The Morgan fingerprint density at radius 2 is 1.15 bits per heavy atom. The van der Waals surface area contributed by atoms with Crippen molar-refractivity contribution in [1.29, 1.82) is 0 Å². The molecule has 2 saturated heterocycles. The van der Waals surface area contributed by atoms with E-state index in [1.54, 1.807) is 0 Å². The van der Waals surface area contributed by atoms with Crippen molar-refractivity contribution in [2.24, 2.45) is 23.7 Å². The van der Waals surface area contributed by atoms with Crippen molar-refractivity contribution in [3.8, 4) is 0 Å². The van der Waals surface area contributed by atoms with Gasteiger partial charge in [-0.3, -0.25) is 4.90 Å². The van der Waals surface area contributed by atoms with Gasteiger partial charge >= 0.3 is 0 Å². The number of methoxy groups -OCH3 is 4. The molecule has 5 nitrogen and oxygen atoms in total. The summed E-state index contributed by atoms with van der Waals surface area (Å²) in [6.07, 6.45) is 8.27. The van der Waals surface area contributed by atoms with Crippen LogP contribution in [0, 0.1) is 23.7 Å². The number of fused-ring (bicyclic) bond motifs is 4. The maximum absolute atomic E-state index is 5.84. The normalized spacial score (nSPS) is 50.6. The molecule has 0 aromatic heterocycles. The van der Waals surface area contributed by atoms with Crippen LogP contribution in [-0.2, 0) is 18.9 Å². The largest absolute Gasteiger partial charge is 0.379 e. The zero-order valence-electron chi connectivity index (χ0n) is 17.8. The molecule has 0 radical (unpaired) electrons. The van der Waals surface area contributed by atoms with Crippen molar-refractivity contribution in [1.82, 2.24) is 4.90 Å². The molecule has 0 spiro atoms. The highest BCUT2D eigenvalue weighted by atomic mass is 16.5. The molecule has 4 fully saturated rings. The van der Waals surface area contributed by atoms with Gasteiger partial charge in [-0.2, -0.15) is 0 Å². The molecule has 10 atom stereocenters. The smallest absolute Gasteiger partial charge is 0.0836 e. The second kappa shape index (κ2) is 8.27. The molecule has 0 N–H and O–H groups in total. The standard InChI is InChI=1S/C22H39NO4/c1-13-16-11-21(26-4)20(25-3)10-15(16)8-18-17-12-22(27-5)19(24-2)9-14(17)6-7-23(13)18/h13-22H,6-12H2,1-5H3. The number of nitrogens with zero attached hydrogens (tertiary/aromatic N) is 1. The van der Waals surface area contributed by atoms with Crippen molar-refractivity contribution >= 4 is 0 Å². The quantitative estimate of drug-likeness (QED) is 0.749. The third kappa shape index (κ3) is 3.48. The van der Waals surface area contributed by atoms with Crippen LogP contribution < -0.4 is 0 Å².